The SMILES string of the molecule is Cc1nsc(SCC(=O)C(C)C)n1. The highest BCUT2D eigenvalue weighted by molar-refractivity contribution is 8.01. The Hall–Kier alpha value is -0.420. The number of aromatic nitrogens is 2. The molecule has 0 aromatic carbocycles. The molecule has 0 bridgehead atoms. The van der Waals surface area contributed by atoms with Gasteiger partial charge in [-0.15, -0.1) is 0 Å². The zero-order valence-electron chi connectivity index (χ0n) is 7.90. The summed E-state index contributed by atoms with van der Waals surface area (Å²) in [4.78, 5) is 15.4. The van der Waals surface area contributed by atoms with Crippen LogP contribution in [-0.2, 0) is 4.79 Å². The minimum absolute atomic E-state index is 0.113. The molecule has 0 fully saturated rings. The highest BCUT2D eigenvalue weighted by Crippen LogP contribution is 2.20. The predicted octanol–water partition coefficient (Wildman–Crippen LogP) is 2.16. The first-order valence-corrected chi connectivity index (χ1v) is 5.81. The lowest BCUT2D eigenvalue weighted by molar-refractivity contribution is -0.119. The molecule has 5 heteroatoms. The molecule has 0 aliphatic heterocycles. The fourth-order valence-corrected chi connectivity index (χ4v) is 2.36. The Kier molecular flexibility index (Phi) is 3.87. The third-order valence-corrected chi connectivity index (χ3v) is 3.44. The number of ketones is 1. The Bertz CT molecular complexity index is 296. The predicted molar refractivity (Wildman–Crippen MR) is 55.2 cm³/mol. The van der Waals surface area contributed by atoms with Crippen LogP contribution < -0.4 is 0 Å². The number of rotatable bonds is 4. The monoisotopic (exact) mass is 216 g/mol. The van der Waals surface area contributed by atoms with Crippen LogP contribution in [0.3, 0.4) is 0 Å². The molecule has 0 radical (unpaired) electrons. The maximum absolute atomic E-state index is 11.3. The van der Waals surface area contributed by atoms with E-state index in [1.54, 1.807) is 0 Å². The minimum atomic E-state index is 0.113. The number of nitrogens with zero attached hydrogens (tertiary/aromatic N) is 2. The first kappa shape index (κ1) is 10.7. The summed E-state index contributed by atoms with van der Waals surface area (Å²) in [5, 5.41) is 0. The highest BCUT2D eigenvalue weighted by atomic mass is 32.2. The van der Waals surface area contributed by atoms with Crippen molar-refractivity contribution in [2.75, 3.05) is 5.75 Å². The van der Waals surface area contributed by atoms with Gasteiger partial charge in [-0.25, -0.2) is 4.98 Å². The molecule has 1 aromatic heterocycles. The maximum Gasteiger partial charge on any atom is 0.170 e. The summed E-state index contributed by atoms with van der Waals surface area (Å²) in [5.41, 5.74) is 0. The van der Waals surface area contributed by atoms with E-state index in [2.05, 4.69) is 9.36 Å². The smallest absolute Gasteiger partial charge is 0.170 e. The normalized spacial score (nSPS) is 10.8. The van der Waals surface area contributed by atoms with E-state index in [9.17, 15) is 4.79 Å². The number of carbonyl (C=O) groups is 1. The van der Waals surface area contributed by atoms with Gasteiger partial charge in [0.05, 0.1) is 5.75 Å². The number of carbonyl (C=O) groups excluding carboxylic acids is 1. The van der Waals surface area contributed by atoms with E-state index in [0.29, 0.717) is 5.75 Å². The summed E-state index contributed by atoms with van der Waals surface area (Å²) in [6, 6.07) is 0. The molecule has 0 saturated carbocycles. The Morgan fingerprint density at radius 3 is 2.77 bits per heavy atom. The van der Waals surface area contributed by atoms with E-state index in [-0.39, 0.29) is 11.7 Å². The molecule has 0 aliphatic carbocycles. The van der Waals surface area contributed by atoms with Crippen molar-refractivity contribution >= 4 is 29.1 Å². The van der Waals surface area contributed by atoms with Crippen LogP contribution in [0.25, 0.3) is 0 Å². The van der Waals surface area contributed by atoms with Gasteiger partial charge in [-0.2, -0.15) is 4.37 Å². The van der Waals surface area contributed by atoms with Crippen LogP contribution in [0, 0.1) is 12.8 Å². The molecule has 0 amide bonds. The van der Waals surface area contributed by atoms with Crippen molar-refractivity contribution in [1.29, 1.82) is 0 Å². The van der Waals surface area contributed by atoms with Gasteiger partial charge in [-0.3, -0.25) is 4.79 Å². The zero-order valence-corrected chi connectivity index (χ0v) is 9.54. The average molecular weight is 216 g/mol. The second-order valence-corrected chi connectivity index (χ2v) is 4.99. The Morgan fingerprint density at radius 2 is 2.31 bits per heavy atom. The molecule has 0 aliphatic rings. The topological polar surface area (TPSA) is 42.9 Å². The number of hydrogen-bond donors (Lipinski definition) is 0. The number of Topliss-reactive ketones (excluding diaryl/α,β-unsaturated/α-hetero) is 1. The van der Waals surface area contributed by atoms with Gasteiger partial charge in [0.15, 0.2) is 4.34 Å². The number of thioether (sulfide) groups is 1. The number of aryl methyl sites for hydroxylation is 1. The summed E-state index contributed by atoms with van der Waals surface area (Å²) in [6.07, 6.45) is 0. The van der Waals surface area contributed by atoms with E-state index in [1.807, 2.05) is 20.8 Å². The van der Waals surface area contributed by atoms with Gasteiger partial charge < -0.3 is 0 Å². The Labute approximate surface area is 86.1 Å². The molecule has 1 heterocycles. The van der Waals surface area contributed by atoms with Crippen molar-refractivity contribution < 1.29 is 4.79 Å². The second-order valence-electron chi connectivity index (χ2n) is 3.02. The van der Waals surface area contributed by atoms with Crippen molar-refractivity contribution in [3.8, 4) is 0 Å². The molecular formula is C8H12N2OS2. The molecule has 3 nitrogen and oxygen atoms in total. The van der Waals surface area contributed by atoms with Gasteiger partial charge in [-0.1, -0.05) is 25.6 Å². The van der Waals surface area contributed by atoms with Crippen molar-refractivity contribution in [1.82, 2.24) is 9.36 Å². The molecule has 13 heavy (non-hydrogen) atoms. The van der Waals surface area contributed by atoms with E-state index in [0.717, 1.165) is 10.2 Å². The van der Waals surface area contributed by atoms with Gasteiger partial charge in [0.1, 0.15) is 11.6 Å². The summed E-state index contributed by atoms with van der Waals surface area (Å²) < 4.78 is 4.92. The second kappa shape index (κ2) is 4.72. The molecule has 72 valence electrons. The van der Waals surface area contributed by atoms with E-state index >= 15 is 0 Å². The lowest BCUT2D eigenvalue weighted by Gasteiger charge is -2.00. The highest BCUT2D eigenvalue weighted by Gasteiger charge is 2.09. The molecular weight excluding hydrogens is 204 g/mol. The minimum Gasteiger partial charge on any atom is -0.298 e. The molecule has 0 spiro atoms. The van der Waals surface area contributed by atoms with Crippen LogP contribution >= 0.6 is 23.3 Å². The van der Waals surface area contributed by atoms with Gasteiger partial charge in [-0.05, 0) is 18.5 Å². The van der Waals surface area contributed by atoms with E-state index in [1.165, 1.54) is 23.3 Å². The lowest BCUT2D eigenvalue weighted by atomic mass is 10.1. The van der Waals surface area contributed by atoms with E-state index < -0.39 is 0 Å². The summed E-state index contributed by atoms with van der Waals surface area (Å²) in [6.45, 7) is 5.67. The summed E-state index contributed by atoms with van der Waals surface area (Å²) >= 11 is 2.83. The molecule has 0 atom stereocenters. The quantitative estimate of drug-likeness (QED) is 0.723. The van der Waals surface area contributed by atoms with Crippen LogP contribution in [0.5, 0.6) is 0 Å². The molecule has 0 saturated heterocycles. The van der Waals surface area contributed by atoms with Crippen LogP contribution in [0.2, 0.25) is 0 Å². The Morgan fingerprint density at radius 1 is 1.62 bits per heavy atom. The van der Waals surface area contributed by atoms with Crippen molar-refractivity contribution in [3.05, 3.63) is 5.82 Å². The first-order chi connectivity index (χ1) is 6.09. The molecule has 1 aromatic rings. The summed E-state index contributed by atoms with van der Waals surface area (Å²) in [7, 11) is 0. The standard InChI is InChI=1S/C8H12N2OS2/c1-5(2)7(11)4-12-8-9-6(3)10-13-8/h5H,4H2,1-3H3. The first-order valence-electron chi connectivity index (χ1n) is 4.05. The van der Waals surface area contributed by atoms with Gasteiger partial charge in [0.2, 0.25) is 0 Å². The zero-order chi connectivity index (χ0) is 9.84. The average Bonchev–Trinajstić information content (AvgIpc) is 2.47. The van der Waals surface area contributed by atoms with Gasteiger partial charge in [0.25, 0.3) is 0 Å². The lowest BCUT2D eigenvalue weighted by Crippen LogP contribution is -2.09. The van der Waals surface area contributed by atoms with Gasteiger partial charge >= 0.3 is 0 Å². The van der Waals surface area contributed by atoms with Crippen molar-refractivity contribution in [2.45, 2.75) is 25.1 Å². The third kappa shape index (κ3) is 3.44. The van der Waals surface area contributed by atoms with Crippen LogP contribution in [0.4, 0.5) is 0 Å². The van der Waals surface area contributed by atoms with Crippen LogP contribution in [-0.4, -0.2) is 20.9 Å². The van der Waals surface area contributed by atoms with E-state index in [4.69, 9.17) is 0 Å². The van der Waals surface area contributed by atoms with Gasteiger partial charge in [0, 0.05) is 5.92 Å². The largest absolute Gasteiger partial charge is 0.298 e. The fourth-order valence-electron chi connectivity index (χ4n) is 0.636. The van der Waals surface area contributed by atoms with Crippen molar-refractivity contribution in [3.63, 3.8) is 0 Å². The Balaban J connectivity index is 2.39. The number of hydrogen-bond acceptors (Lipinski definition) is 5. The molecule has 0 N–H and O–H groups in total. The van der Waals surface area contributed by atoms with Crippen LogP contribution in [0.1, 0.15) is 19.7 Å². The van der Waals surface area contributed by atoms with Crippen LogP contribution in [0.15, 0.2) is 4.34 Å². The maximum atomic E-state index is 11.3. The molecule has 0 unspecified atom stereocenters. The fraction of sp³-hybridized carbons (Fsp3) is 0.625. The third-order valence-electron chi connectivity index (χ3n) is 1.49. The molecule has 1 rings (SSSR count). The van der Waals surface area contributed by atoms with Crippen molar-refractivity contribution in [2.24, 2.45) is 5.92 Å². The summed E-state index contributed by atoms with van der Waals surface area (Å²) in [5.74, 6) is 1.66.